The molecule has 0 aromatic heterocycles. The third kappa shape index (κ3) is 3.53. The van der Waals surface area contributed by atoms with Crippen LogP contribution in [0.5, 0.6) is 11.5 Å². The first-order chi connectivity index (χ1) is 14.0. The minimum atomic E-state index is -0.168. The molecule has 2 aromatic rings. The molecule has 2 aromatic carbocycles. The highest BCUT2D eigenvalue weighted by molar-refractivity contribution is 6.02. The highest BCUT2D eigenvalue weighted by Gasteiger charge is 2.38. The average Bonchev–Trinajstić information content (AvgIpc) is 2.72. The van der Waals surface area contributed by atoms with Crippen molar-refractivity contribution in [2.45, 2.75) is 38.0 Å². The standard InChI is InChI=1S/C24H25NO4/c1-14-6-4-5-7-17(14)18-13-23(27)25-19-10-16(11-20(26)24(18)19)15-8-9-21(28-2)22(12-15)29-3/h4-9,12,16,18H,10-11,13H2,1-3H3,(H,25,27)/t16-,18-/m1/s1. The van der Waals surface area contributed by atoms with Crippen molar-refractivity contribution in [2.24, 2.45) is 0 Å². The molecule has 150 valence electrons. The van der Waals surface area contributed by atoms with Crippen LogP contribution in [0.25, 0.3) is 0 Å². The number of benzene rings is 2. The smallest absolute Gasteiger partial charge is 0.225 e. The lowest BCUT2D eigenvalue weighted by Gasteiger charge is -2.35. The van der Waals surface area contributed by atoms with Crippen molar-refractivity contribution in [1.29, 1.82) is 0 Å². The van der Waals surface area contributed by atoms with Gasteiger partial charge < -0.3 is 14.8 Å². The molecule has 0 radical (unpaired) electrons. The van der Waals surface area contributed by atoms with Crippen LogP contribution in [-0.2, 0) is 9.59 Å². The SMILES string of the molecule is COc1ccc([C@H]2CC(=O)C3=C(C2)NC(=O)C[C@@H]3c2ccccc2C)cc1OC. The Labute approximate surface area is 170 Å². The summed E-state index contributed by atoms with van der Waals surface area (Å²) in [4.78, 5) is 25.7. The fourth-order valence-electron chi connectivity index (χ4n) is 4.55. The van der Waals surface area contributed by atoms with Gasteiger partial charge in [0.2, 0.25) is 5.91 Å². The number of rotatable bonds is 4. The van der Waals surface area contributed by atoms with E-state index in [1.165, 1.54) is 0 Å². The van der Waals surface area contributed by atoms with Crippen LogP contribution in [-0.4, -0.2) is 25.9 Å². The zero-order valence-electron chi connectivity index (χ0n) is 17.0. The van der Waals surface area contributed by atoms with Gasteiger partial charge >= 0.3 is 0 Å². The summed E-state index contributed by atoms with van der Waals surface area (Å²) in [7, 11) is 3.20. The quantitative estimate of drug-likeness (QED) is 0.855. The third-order valence-corrected chi connectivity index (χ3v) is 5.98. The lowest BCUT2D eigenvalue weighted by molar-refractivity contribution is -0.122. The van der Waals surface area contributed by atoms with Gasteiger partial charge in [0.25, 0.3) is 0 Å². The van der Waals surface area contributed by atoms with Gasteiger partial charge in [-0.05, 0) is 48.1 Å². The van der Waals surface area contributed by atoms with Gasteiger partial charge in [0.15, 0.2) is 17.3 Å². The number of aryl methyl sites for hydroxylation is 1. The number of carbonyl (C=O) groups excluding carboxylic acids is 2. The minimum absolute atomic E-state index is 0.00280. The minimum Gasteiger partial charge on any atom is -0.493 e. The van der Waals surface area contributed by atoms with Gasteiger partial charge in [0.05, 0.1) is 14.2 Å². The molecular formula is C24H25NO4. The lowest BCUT2D eigenvalue weighted by atomic mass is 9.73. The number of ether oxygens (including phenoxy) is 2. The number of hydrogen-bond acceptors (Lipinski definition) is 4. The molecule has 0 saturated carbocycles. The van der Waals surface area contributed by atoms with Gasteiger partial charge in [-0.15, -0.1) is 0 Å². The van der Waals surface area contributed by atoms with E-state index in [1.807, 2.05) is 49.4 Å². The highest BCUT2D eigenvalue weighted by Crippen LogP contribution is 2.44. The molecule has 5 nitrogen and oxygen atoms in total. The number of amides is 1. The number of Topliss-reactive ketones (excluding diaryl/α,β-unsaturated/α-hetero) is 1. The largest absolute Gasteiger partial charge is 0.493 e. The summed E-state index contributed by atoms with van der Waals surface area (Å²) in [6.07, 6.45) is 1.37. The van der Waals surface area contributed by atoms with Gasteiger partial charge in [-0.2, -0.15) is 0 Å². The van der Waals surface area contributed by atoms with Crippen LogP contribution in [0.2, 0.25) is 0 Å². The van der Waals surface area contributed by atoms with Crippen LogP contribution in [0.4, 0.5) is 0 Å². The summed E-state index contributed by atoms with van der Waals surface area (Å²) in [6, 6.07) is 13.7. The monoisotopic (exact) mass is 391 g/mol. The first-order valence-electron chi connectivity index (χ1n) is 9.85. The molecule has 1 N–H and O–H groups in total. The van der Waals surface area contributed by atoms with Crippen molar-refractivity contribution in [3.8, 4) is 11.5 Å². The van der Waals surface area contributed by atoms with E-state index in [4.69, 9.17) is 9.47 Å². The van der Waals surface area contributed by atoms with Crippen LogP contribution >= 0.6 is 0 Å². The molecule has 2 aliphatic rings. The molecule has 2 atom stereocenters. The lowest BCUT2D eigenvalue weighted by Crippen LogP contribution is -2.38. The molecule has 1 aliphatic heterocycles. The van der Waals surface area contributed by atoms with Gasteiger partial charge in [-0.3, -0.25) is 9.59 Å². The predicted molar refractivity (Wildman–Crippen MR) is 110 cm³/mol. The van der Waals surface area contributed by atoms with Crippen molar-refractivity contribution < 1.29 is 19.1 Å². The van der Waals surface area contributed by atoms with E-state index in [0.717, 1.165) is 28.0 Å². The Hall–Kier alpha value is -3.08. The number of nitrogens with one attached hydrogen (secondary N) is 1. The Morgan fingerprint density at radius 3 is 2.41 bits per heavy atom. The van der Waals surface area contributed by atoms with E-state index in [1.54, 1.807) is 14.2 Å². The molecule has 5 heteroatoms. The molecule has 29 heavy (non-hydrogen) atoms. The first-order valence-corrected chi connectivity index (χ1v) is 9.85. The van der Waals surface area contributed by atoms with Crippen LogP contribution in [0.3, 0.4) is 0 Å². The van der Waals surface area contributed by atoms with E-state index >= 15 is 0 Å². The van der Waals surface area contributed by atoms with Crippen LogP contribution in [0, 0.1) is 6.92 Å². The number of carbonyl (C=O) groups is 2. The number of ketones is 1. The van der Waals surface area contributed by atoms with Crippen LogP contribution in [0.15, 0.2) is 53.7 Å². The van der Waals surface area contributed by atoms with Crippen molar-refractivity contribution in [3.63, 3.8) is 0 Å². The topological polar surface area (TPSA) is 64.6 Å². The third-order valence-electron chi connectivity index (χ3n) is 5.98. The molecule has 0 spiro atoms. The van der Waals surface area contributed by atoms with E-state index < -0.39 is 0 Å². The molecule has 0 unspecified atom stereocenters. The maximum atomic E-state index is 13.2. The van der Waals surface area contributed by atoms with Crippen LogP contribution < -0.4 is 14.8 Å². The second-order valence-corrected chi connectivity index (χ2v) is 7.70. The molecule has 1 amide bonds. The summed E-state index contributed by atoms with van der Waals surface area (Å²) in [5.41, 5.74) is 4.72. The van der Waals surface area contributed by atoms with Gasteiger partial charge in [0, 0.05) is 30.0 Å². The first kappa shape index (κ1) is 19.2. The van der Waals surface area contributed by atoms with Gasteiger partial charge in [-0.1, -0.05) is 30.3 Å². The van der Waals surface area contributed by atoms with Gasteiger partial charge in [-0.25, -0.2) is 0 Å². The molecular weight excluding hydrogens is 366 g/mol. The van der Waals surface area contributed by atoms with Crippen LogP contribution in [0.1, 0.15) is 47.8 Å². The maximum Gasteiger partial charge on any atom is 0.225 e. The zero-order valence-corrected chi connectivity index (χ0v) is 17.0. The Bertz CT molecular complexity index is 1010. The van der Waals surface area contributed by atoms with Crippen molar-refractivity contribution in [2.75, 3.05) is 14.2 Å². The van der Waals surface area contributed by atoms with E-state index in [2.05, 4.69) is 5.32 Å². The second-order valence-electron chi connectivity index (χ2n) is 7.70. The fraction of sp³-hybridized carbons (Fsp3) is 0.333. The molecule has 1 heterocycles. The number of allylic oxidation sites excluding steroid dienone is 2. The summed E-state index contributed by atoms with van der Waals surface area (Å²) >= 11 is 0. The van der Waals surface area contributed by atoms with Gasteiger partial charge in [0.1, 0.15) is 0 Å². The summed E-state index contributed by atoms with van der Waals surface area (Å²) < 4.78 is 10.7. The number of hydrogen-bond donors (Lipinski definition) is 1. The predicted octanol–water partition coefficient (Wildman–Crippen LogP) is 4.02. The fourth-order valence-corrected chi connectivity index (χ4v) is 4.55. The molecule has 0 bridgehead atoms. The van der Waals surface area contributed by atoms with E-state index in [0.29, 0.717) is 30.8 Å². The Morgan fingerprint density at radius 1 is 0.931 bits per heavy atom. The van der Waals surface area contributed by atoms with E-state index in [-0.39, 0.29) is 23.5 Å². The summed E-state index contributed by atoms with van der Waals surface area (Å²) in [5.74, 6) is 1.21. The summed E-state index contributed by atoms with van der Waals surface area (Å²) in [5, 5.41) is 2.98. The molecule has 4 rings (SSSR count). The van der Waals surface area contributed by atoms with Crippen molar-refractivity contribution >= 4 is 11.7 Å². The molecule has 0 fully saturated rings. The van der Waals surface area contributed by atoms with Crippen molar-refractivity contribution in [1.82, 2.24) is 5.32 Å². The van der Waals surface area contributed by atoms with E-state index in [9.17, 15) is 9.59 Å². The Morgan fingerprint density at radius 2 is 1.69 bits per heavy atom. The average molecular weight is 391 g/mol. The van der Waals surface area contributed by atoms with Crippen molar-refractivity contribution in [3.05, 3.63) is 70.4 Å². The number of methoxy groups -OCH3 is 2. The maximum absolute atomic E-state index is 13.2. The normalized spacial score (nSPS) is 21.5. The molecule has 0 saturated heterocycles. The molecule has 1 aliphatic carbocycles. The summed E-state index contributed by atoms with van der Waals surface area (Å²) in [6.45, 7) is 2.03. The Balaban J connectivity index is 1.71. The second kappa shape index (κ2) is 7.74. The zero-order chi connectivity index (χ0) is 20.5. The Kier molecular flexibility index (Phi) is 5.14. The highest BCUT2D eigenvalue weighted by atomic mass is 16.5.